The number of nitrogens with zero attached hydrogens (tertiary/aromatic N) is 4. The Morgan fingerprint density at radius 3 is 2.95 bits per heavy atom. The van der Waals surface area contributed by atoms with Crippen LogP contribution in [0.3, 0.4) is 0 Å². The molecule has 2 aromatic rings. The molecule has 0 saturated carbocycles. The van der Waals surface area contributed by atoms with Crippen LogP contribution in [0.1, 0.15) is 16.2 Å². The first kappa shape index (κ1) is 13.8. The van der Waals surface area contributed by atoms with Crippen LogP contribution in [0.2, 0.25) is 10.2 Å². The highest BCUT2D eigenvalue weighted by atomic mass is 35.5. The molecule has 100 valence electrons. The Balaban J connectivity index is 1.94. The smallest absolute Gasteiger partial charge is 0.252 e. The summed E-state index contributed by atoms with van der Waals surface area (Å²) >= 11 is 11.6. The van der Waals surface area contributed by atoms with Gasteiger partial charge in [0.1, 0.15) is 17.3 Å². The Morgan fingerprint density at radius 2 is 2.26 bits per heavy atom. The molecule has 2 aromatic heterocycles. The Bertz CT molecular complexity index is 599. The monoisotopic (exact) mass is 299 g/mol. The van der Waals surface area contributed by atoms with Gasteiger partial charge >= 0.3 is 0 Å². The summed E-state index contributed by atoms with van der Waals surface area (Å²) in [5, 5.41) is 10.9. The van der Waals surface area contributed by atoms with Crippen LogP contribution in [-0.2, 0) is 13.5 Å². The van der Waals surface area contributed by atoms with E-state index in [0.717, 1.165) is 5.82 Å². The highest BCUT2D eigenvalue weighted by molar-refractivity contribution is 6.35. The topological polar surface area (TPSA) is 72.7 Å². The van der Waals surface area contributed by atoms with Crippen LogP contribution in [0, 0.1) is 0 Å². The van der Waals surface area contributed by atoms with Crippen LogP contribution >= 0.6 is 23.2 Å². The van der Waals surface area contributed by atoms with E-state index in [-0.39, 0.29) is 16.1 Å². The van der Waals surface area contributed by atoms with E-state index >= 15 is 0 Å². The van der Waals surface area contributed by atoms with Gasteiger partial charge in [0.15, 0.2) is 0 Å². The number of hydrogen-bond acceptors (Lipinski definition) is 4. The van der Waals surface area contributed by atoms with Crippen LogP contribution in [0.4, 0.5) is 0 Å². The molecule has 2 rings (SSSR count). The summed E-state index contributed by atoms with van der Waals surface area (Å²) in [7, 11) is 1.84. The van der Waals surface area contributed by atoms with Crippen molar-refractivity contribution in [2.24, 2.45) is 7.05 Å². The number of nitrogens with one attached hydrogen (secondary N) is 1. The first-order chi connectivity index (χ1) is 9.08. The van der Waals surface area contributed by atoms with Crippen molar-refractivity contribution >= 4 is 29.1 Å². The fraction of sp³-hybridized carbons (Fsp3) is 0.273. The summed E-state index contributed by atoms with van der Waals surface area (Å²) in [6, 6.07) is 1.43. The normalized spacial score (nSPS) is 10.5. The molecule has 0 aromatic carbocycles. The van der Waals surface area contributed by atoms with Crippen molar-refractivity contribution in [2.75, 3.05) is 6.54 Å². The molecule has 19 heavy (non-hydrogen) atoms. The molecule has 0 spiro atoms. The van der Waals surface area contributed by atoms with Crippen molar-refractivity contribution in [3.05, 3.63) is 40.2 Å². The van der Waals surface area contributed by atoms with Crippen molar-refractivity contribution in [2.45, 2.75) is 6.42 Å². The fourth-order valence-electron chi connectivity index (χ4n) is 1.50. The zero-order valence-corrected chi connectivity index (χ0v) is 11.6. The zero-order valence-electron chi connectivity index (χ0n) is 10.1. The number of pyridine rings is 1. The molecule has 1 N–H and O–H groups in total. The predicted molar refractivity (Wildman–Crippen MR) is 71.3 cm³/mol. The SMILES string of the molecule is Cn1cnnc1CCNC(=O)c1cc(Cl)ncc1Cl. The van der Waals surface area contributed by atoms with E-state index in [1.54, 1.807) is 10.9 Å². The van der Waals surface area contributed by atoms with Crippen molar-refractivity contribution in [1.82, 2.24) is 25.1 Å². The summed E-state index contributed by atoms with van der Waals surface area (Å²) in [5.74, 6) is 0.496. The number of amides is 1. The zero-order chi connectivity index (χ0) is 13.8. The molecule has 2 heterocycles. The summed E-state index contributed by atoms with van der Waals surface area (Å²) < 4.78 is 1.79. The predicted octanol–water partition coefficient (Wildman–Crippen LogP) is 1.49. The summed E-state index contributed by atoms with van der Waals surface area (Å²) in [6.07, 6.45) is 3.54. The van der Waals surface area contributed by atoms with E-state index in [1.807, 2.05) is 7.05 Å². The lowest BCUT2D eigenvalue weighted by molar-refractivity contribution is 0.0954. The minimum absolute atomic E-state index is 0.225. The Labute approximate surface area is 119 Å². The standard InChI is InChI=1S/C11H11Cl2N5O/c1-18-6-16-17-10(18)2-3-14-11(19)7-4-9(13)15-5-8(7)12/h4-6H,2-3H2,1H3,(H,14,19). The van der Waals surface area contributed by atoms with Gasteiger partial charge in [0.25, 0.3) is 5.91 Å². The summed E-state index contributed by atoms with van der Waals surface area (Å²) in [5.41, 5.74) is 0.305. The van der Waals surface area contributed by atoms with Gasteiger partial charge in [-0.3, -0.25) is 4.79 Å². The average Bonchev–Trinajstić information content (AvgIpc) is 2.78. The molecule has 0 fully saturated rings. The lowest BCUT2D eigenvalue weighted by Gasteiger charge is -2.06. The molecule has 0 unspecified atom stereocenters. The second-order valence-electron chi connectivity index (χ2n) is 3.85. The second-order valence-corrected chi connectivity index (χ2v) is 4.65. The third-order valence-corrected chi connectivity index (χ3v) is 3.01. The Hall–Kier alpha value is -1.66. The molecule has 1 amide bonds. The number of hydrogen-bond donors (Lipinski definition) is 1. The van der Waals surface area contributed by atoms with E-state index in [4.69, 9.17) is 23.2 Å². The van der Waals surface area contributed by atoms with E-state index in [2.05, 4.69) is 20.5 Å². The van der Waals surface area contributed by atoms with E-state index in [1.165, 1.54) is 12.3 Å². The minimum atomic E-state index is -0.295. The Kier molecular flexibility index (Phi) is 4.34. The number of halogens is 2. The van der Waals surface area contributed by atoms with Crippen LogP contribution in [0.5, 0.6) is 0 Å². The summed E-state index contributed by atoms with van der Waals surface area (Å²) in [6.45, 7) is 0.432. The van der Waals surface area contributed by atoms with Crippen LogP contribution in [-0.4, -0.2) is 32.2 Å². The van der Waals surface area contributed by atoms with Crippen molar-refractivity contribution in [3.8, 4) is 0 Å². The lowest BCUT2D eigenvalue weighted by Crippen LogP contribution is -2.26. The maximum absolute atomic E-state index is 11.9. The molecule has 0 bridgehead atoms. The van der Waals surface area contributed by atoms with Gasteiger partial charge in [-0.15, -0.1) is 10.2 Å². The largest absolute Gasteiger partial charge is 0.352 e. The summed E-state index contributed by atoms with van der Waals surface area (Å²) in [4.78, 5) is 15.7. The maximum atomic E-state index is 11.9. The molecule has 0 radical (unpaired) electrons. The van der Waals surface area contributed by atoms with Gasteiger partial charge in [-0.2, -0.15) is 0 Å². The van der Waals surface area contributed by atoms with Crippen LogP contribution < -0.4 is 5.32 Å². The first-order valence-electron chi connectivity index (χ1n) is 5.50. The van der Waals surface area contributed by atoms with E-state index < -0.39 is 0 Å². The van der Waals surface area contributed by atoms with Gasteiger partial charge in [-0.25, -0.2) is 4.98 Å². The van der Waals surface area contributed by atoms with E-state index in [0.29, 0.717) is 18.5 Å². The lowest BCUT2D eigenvalue weighted by atomic mass is 10.2. The quantitative estimate of drug-likeness (QED) is 0.868. The third kappa shape index (κ3) is 3.42. The number of carbonyl (C=O) groups is 1. The van der Waals surface area contributed by atoms with Crippen LogP contribution in [0.15, 0.2) is 18.6 Å². The highest BCUT2D eigenvalue weighted by Gasteiger charge is 2.11. The minimum Gasteiger partial charge on any atom is -0.352 e. The maximum Gasteiger partial charge on any atom is 0.252 e. The number of aryl methyl sites for hydroxylation is 1. The molecule has 0 saturated heterocycles. The van der Waals surface area contributed by atoms with Crippen molar-refractivity contribution < 1.29 is 4.79 Å². The molecule has 0 atom stereocenters. The van der Waals surface area contributed by atoms with Gasteiger partial charge in [0.05, 0.1) is 10.6 Å². The van der Waals surface area contributed by atoms with Crippen LogP contribution in [0.25, 0.3) is 0 Å². The van der Waals surface area contributed by atoms with Gasteiger partial charge in [-0.05, 0) is 6.07 Å². The molecule has 0 aliphatic rings. The van der Waals surface area contributed by atoms with Gasteiger partial charge in [0.2, 0.25) is 0 Å². The first-order valence-corrected chi connectivity index (χ1v) is 6.25. The fourth-order valence-corrected chi connectivity index (χ4v) is 1.85. The molecule has 0 aliphatic heterocycles. The van der Waals surface area contributed by atoms with Gasteiger partial charge in [0, 0.05) is 26.2 Å². The number of aromatic nitrogens is 4. The Morgan fingerprint density at radius 1 is 1.47 bits per heavy atom. The van der Waals surface area contributed by atoms with Crippen molar-refractivity contribution in [1.29, 1.82) is 0 Å². The number of rotatable bonds is 4. The molecular weight excluding hydrogens is 289 g/mol. The number of carbonyl (C=O) groups excluding carboxylic acids is 1. The average molecular weight is 300 g/mol. The van der Waals surface area contributed by atoms with Gasteiger partial charge < -0.3 is 9.88 Å². The van der Waals surface area contributed by atoms with Crippen molar-refractivity contribution in [3.63, 3.8) is 0 Å². The molecule has 8 heteroatoms. The third-order valence-electron chi connectivity index (χ3n) is 2.51. The second kappa shape index (κ2) is 5.99. The van der Waals surface area contributed by atoms with Gasteiger partial charge in [-0.1, -0.05) is 23.2 Å². The molecule has 6 nitrogen and oxygen atoms in total. The molecular formula is C11H11Cl2N5O. The van der Waals surface area contributed by atoms with E-state index in [9.17, 15) is 4.79 Å². The highest BCUT2D eigenvalue weighted by Crippen LogP contribution is 2.17. The molecule has 0 aliphatic carbocycles.